The number of rotatable bonds is 7. The van der Waals surface area contributed by atoms with Crippen LogP contribution >= 0.6 is 11.6 Å². The molecule has 6 nitrogen and oxygen atoms in total. The fourth-order valence-electron chi connectivity index (χ4n) is 2.94. The lowest BCUT2D eigenvalue weighted by molar-refractivity contribution is 0.0614. The standard InChI is InChI=1S/C20H24ClN3O3/c1-2-26-18-9-8-17(21)19(22-18)20(25)24-12-10-23(11-13-24)14-15-27-16-6-4-3-5-7-16/h3-9H,2,10-15H2,1H3. The van der Waals surface area contributed by atoms with E-state index in [0.29, 0.717) is 37.2 Å². The van der Waals surface area contributed by atoms with Crippen molar-refractivity contribution in [3.8, 4) is 11.6 Å². The summed E-state index contributed by atoms with van der Waals surface area (Å²) in [4.78, 5) is 21.1. The molecule has 0 saturated carbocycles. The molecule has 27 heavy (non-hydrogen) atoms. The fourth-order valence-corrected chi connectivity index (χ4v) is 3.12. The number of hydrogen-bond acceptors (Lipinski definition) is 5. The van der Waals surface area contributed by atoms with E-state index in [1.54, 1.807) is 17.0 Å². The molecule has 0 radical (unpaired) electrons. The number of carbonyl (C=O) groups excluding carboxylic acids is 1. The largest absolute Gasteiger partial charge is 0.492 e. The van der Waals surface area contributed by atoms with Crippen molar-refractivity contribution in [3.05, 3.63) is 53.2 Å². The fraction of sp³-hybridized carbons (Fsp3) is 0.400. The normalized spacial score (nSPS) is 14.8. The maximum absolute atomic E-state index is 12.8. The molecule has 0 atom stereocenters. The number of nitrogens with zero attached hydrogens (tertiary/aromatic N) is 3. The van der Waals surface area contributed by atoms with E-state index in [9.17, 15) is 4.79 Å². The SMILES string of the molecule is CCOc1ccc(Cl)c(C(=O)N2CCN(CCOc3ccccc3)CC2)n1. The lowest BCUT2D eigenvalue weighted by Crippen LogP contribution is -2.49. The van der Waals surface area contributed by atoms with Crippen LogP contribution in [0.2, 0.25) is 5.02 Å². The predicted molar refractivity (Wildman–Crippen MR) is 105 cm³/mol. The van der Waals surface area contributed by atoms with Crippen LogP contribution < -0.4 is 9.47 Å². The zero-order valence-electron chi connectivity index (χ0n) is 15.4. The molecule has 2 aromatic rings. The van der Waals surface area contributed by atoms with E-state index in [1.165, 1.54) is 0 Å². The first-order valence-corrected chi connectivity index (χ1v) is 9.54. The first-order valence-electron chi connectivity index (χ1n) is 9.16. The number of hydrogen-bond donors (Lipinski definition) is 0. The summed E-state index contributed by atoms with van der Waals surface area (Å²) >= 11 is 6.17. The second-order valence-electron chi connectivity index (χ2n) is 6.21. The lowest BCUT2D eigenvalue weighted by atomic mass is 10.2. The first-order chi connectivity index (χ1) is 13.2. The van der Waals surface area contributed by atoms with Gasteiger partial charge >= 0.3 is 0 Å². The van der Waals surface area contributed by atoms with Crippen LogP contribution in [0, 0.1) is 0 Å². The lowest BCUT2D eigenvalue weighted by Gasteiger charge is -2.34. The second-order valence-corrected chi connectivity index (χ2v) is 6.62. The van der Waals surface area contributed by atoms with E-state index in [1.807, 2.05) is 37.3 Å². The number of aromatic nitrogens is 1. The number of amides is 1. The van der Waals surface area contributed by atoms with E-state index in [2.05, 4.69) is 9.88 Å². The smallest absolute Gasteiger partial charge is 0.274 e. The van der Waals surface area contributed by atoms with Gasteiger partial charge in [-0.05, 0) is 25.1 Å². The monoisotopic (exact) mass is 389 g/mol. The van der Waals surface area contributed by atoms with Crippen LogP contribution in [0.15, 0.2) is 42.5 Å². The topological polar surface area (TPSA) is 54.9 Å². The Morgan fingerprint density at radius 3 is 2.52 bits per heavy atom. The third-order valence-electron chi connectivity index (χ3n) is 4.39. The molecule has 3 rings (SSSR count). The van der Waals surface area contributed by atoms with Gasteiger partial charge in [-0.2, -0.15) is 0 Å². The molecule has 0 spiro atoms. The summed E-state index contributed by atoms with van der Waals surface area (Å²) in [6.45, 7) is 6.70. The van der Waals surface area contributed by atoms with Crippen molar-refractivity contribution in [2.45, 2.75) is 6.92 Å². The number of piperazine rings is 1. The molecule has 1 fully saturated rings. The molecule has 1 aliphatic rings. The molecule has 144 valence electrons. The Morgan fingerprint density at radius 1 is 1.07 bits per heavy atom. The highest BCUT2D eigenvalue weighted by molar-refractivity contribution is 6.33. The molecule has 1 aromatic heterocycles. The Balaban J connectivity index is 1.48. The molecule has 1 aliphatic heterocycles. The number of pyridine rings is 1. The van der Waals surface area contributed by atoms with Crippen LogP contribution in [0.4, 0.5) is 0 Å². The number of para-hydroxylation sites is 1. The average molecular weight is 390 g/mol. The molecule has 7 heteroatoms. The van der Waals surface area contributed by atoms with Crippen LogP contribution in [-0.4, -0.2) is 66.6 Å². The van der Waals surface area contributed by atoms with Gasteiger partial charge in [0.25, 0.3) is 5.91 Å². The quantitative estimate of drug-likeness (QED) is 0.728. The maximum Gasteiger partial charge on any atom is 0.274 e. The van der Waals surface area contributed by atoms with E-state index in [-0.39, 0.29) is 11.6 Å². The van der Waals surface area contributed by atoms with Gasteiger partial charge in [-0.25, -0.2) is 4.98 Å². The summed E-state index contributed by atoms with van der Waals surface area (Å²) in [5, 5.41) is 0.349. The molecule has 0 aliphatic carbocycles. The van der Waals surface area contributed by atoms with Gasteiger partial charge in [-0.3, -0.25) is 9.69 Å². The first kappa shape index (κ1) is 19.5. The van der Waals surface area contributed by atoms with Crippen LogP contribution in [0.5, 0.6) is 11.6 Å². The van der Waals surface area contributed by atoms with Crippen molar-refractivity contribution < 1.29 is 14.3 Å². The summed E-state index contributed by atoms with van der Waals surface area (Å²) < 4.78 is 11.1. The van der Waals surface area contributed by atoms with E-state index < -0.39 is 0 Å². The molecule has 0 bridgehead atoms. The summed E-state index contributed by atoms with van der Waals surface area (Å²) in [6, 6.07) is 13.1. The Morgan fingerprint density at radius 2 is 1.81 bits per heavy atom. The van der Waals surface area contributed by atoms with Crippen molar-refractivity contribution in [1.29, 1.82) is 0 Å². The highest BCUT2D eigenvalue weighted by Crippen LogP contribution is 2.20. The Bertz CT molecular complexity index is 749. The summed E-state index contributed by atoms with van der Waals surface area (Å²) in [5.74, 6) is 1.14. The van der Waals surface area contributed by atoms with E-state index in [0.717, 1.165) is 25.4 Å². The van der Waals surface area contributed by atoms with Gasteiger partial charge < -0.3 is 14.4 Å². The summed E-state index contributed by atoms with van der Waals surface area (Å²) in [5.41, 5.74) is 0.253. The zero-order chi connectivity index (χ0) is 19.1. The van der Waals surface area contributed by atoms with Crippen molar-refractivity contribution in [3.63, 3.8) is 0 Å². The molecule has 1 amide bonds. The second kappa shape index (κ2) is 9.58. The van der Waals surface area contributed by atoms with Gasteiger partial charge in [0.05, 0.1) is 11.6 Å². The maximum atomic E-state index is 12.8. The van der Waals surface area contributed by atoms with Crippen molar-refractivity contribution in [2.75, 3.05) is 45.9 Å². The third-order valence-corrected chi connectivity index (χ3v) is 4.70. The third kappa shape index (κ3) is 5.34. The Labute approximate surface area is 164 Å². The highest BCUT2D eigenvalue weighted by atomic mass is 35.5. The molecule has 1 aromatic carbocycles. The average Bonchev–Trinajstić information content (AvgIpc) is 2.70. The molecule has 0 N–H and O–H groups in total. The van der Waals surface area contributed by atoms with Gasteiger partial charge in [0.1, 0.15) is 12.4 Å². The number of ether oxygens (including phenoxy) is 2. The number of carbonyl (C=O) groups is 1. The zero-order valence-corrected chi connectivity index (χ0v) is 16.2. The van der Waals surface area contributed by atoms with Gasteiger partial charge in [0, 0.05) is 38.8 Å². The van der Waals surface area contributed by atoms with Gasteiger partial charge in [0.15, 0.2) is 5.69 Å². The van der Waals surface area contributed by atoms with Gasteiger partial charge in [-0.1, -0.05) is 29.8 Å². The molecule has 1 saturated heterocycles. The minimum Gasteiger partial charge on any atom is -0.492 e. The summed E-state index contributed by atoms with van der Waals surface area (Å²) in [7, 11) is 0. The van der Waals surface area contributed by atoms with Crippen molar-refractivity contribution in [1.82, 2.24) is 14.8 Å². The Hall–Kier alpha value is -2.31. The minimum absolute atomic E-state index is 0.151. The van der Waals surface area contributed by atoms with Crippen LogP contribution in [0.25, 0.3) is 0 Å². The van der Waals surface area contributed by atoms with Crippen molar-refractivity contribution >= 4 is 17.5 Å². The molecular weight excluding hydrogens is 366 g/mol. The summed E-state index contributed by atoms with van der Waals surface area (Å²) in [6.07, 6.45) is 0. The van der Waals surface area contributed by atoms with Gasteiger partial charge in [-0.15, -0.1) is 0 Å². The highest BCUT2D eigenvalue weighted by Gasteiger charge is 2.25. The van der Waals surface area contributed by atoms with E-state index >= 15 is 0 Å². The van der Waals surface area contributed by atoms with Gasteiger partial charge in [0.2, 0.25) is 5.88 Å². The molecular formula is C20H24ClN3O3. The van der Waals surface area contributed by atoms with Crippen LogP contribution in [-0.2, 0) is 0 Å². The predicted octanol–water partition coefficient (Wildman–Crippen LogP) is 2.97. The molecule has 2 heterocycles. The number of benzene rings is 1. The van der Waals surface area contributed by atoms with E-state index in [4.69, 9.17) is 21.1 Å². The van der Waals surface area contributed by atoms with Crippen molar-refractivity contribution in [2.24, 2.45) is 0 Å². The number of halogens is 1. The minimum atomic E-state index is -0.151. The van der Waals surface area contributed by atoms with Crippen LogP contribution in [0.1, 0.15) is 17.4 Å². The van der Waals surface area contributed by atoms with Crippen LogP contribution in [0.3, 0.4) is 0 Å². The Kier molecular flexibility index (Phi) is 6.90. The molecule has 0 unspecified atom stereocenters.